The predicted molar refractivity (Wildman–Crippen MR) is 78.7 cm³/mol. The van der Waals surface area contributed by atoms with Gasteiger partial charge in [0.2, 0.25) is 0 Å². The number of benzene rings is 1. The number of nitrogens with one attached hydrogen (secondary N) is 2. The Morgan fingerprint density at radius 3 is 2.89 bits per heavy atom. The van der Waals surface area contributed by atoms with Crippen molar-refractivity contribution >= 4 is 24.0 Å². The van der Waals surface area contributed by atoms with Gasteiger partial charge in [-0.3, -0.25) is 4.79 Å². The molecule has 0 spiro atoms. The minimum atomic E-state index is -0.280. The van der Waals surface area contributed by atoms with Crippen LogP contribution in [0.1, 0.15) is 25.3 Å². The Balaban J connectivity index is 0.00000180. The summed E-state index contributed by atoms with van der Waals surface area (Å²) in [6.07, 6.45) is 1.51. The van der Waals surface area contributed by atoms with Crippen molar-refractivity contribution in [3.63, 3.8) is 0 Å². The Morgan fingerprint density at radius 1 is 1.42 bits per heavy atom. The lowest BCUT2D eigenvalue weighted by atomic mass is 10.1. The molecule has 1 amide bonds. The van der Waals surface area contributed by atoms with Crippen molar-refractivity contribution in [3.05, 3.63) is 29.8 Å². The molecule has 0 unspecified atom stereocenters. The molecular formula is C14H21ClN2O2. The molecule has 1 aromatic carbocycles. The van der Waals surface area contributed by atoms with Gasteiger partial charge < -0.3 is 15.4 Å². The smallest absolute Gasteiger partial charge is 0.253 e. The molecule has 1 heterocycles. The average molecular weight is 285 g/mol. The van der Waals surface area contributed by atoms with Crippen molar-refractivity contribution in [2.75, 3.05) is 18.5 Å². The zero-order chi connectivity index (χ0) is 12.8. The SMILES string of the molecule is CCNCc1ccccc1NC(=O)[C@@H]1CCCO1.Cl. The molecule has 0 radical (unpaired) electrons. The van der Waals surface area contributed by atoms with E-state index < -0.39 is 0 Å². The number of carbonyl (C=O) groups is 1. The molecule has 0 aromatic heterocycles. The van der Waals surface area contributed by atoms with Crippen LogP contribution in [0.25, 0.3) is 0 Å². The van der Waals surface area contributed by atoms with Crippen LogP contribution in [0.2, 0.25) is 0 Å². The molecule has 2 rings (SSSR count). The van der Waals surface area contributed by atoms with Gasteiger partial charge in [0.15, 0.2) is 0 Å². The van der Waals surface area contributed by atoms with E-state index >= 15 is 0 Å². The second kappa shape index (κ2) is 8.15. The summed E-state index contributed by atoms with van der Waals surface area (Å²) >= 11 is 0. The van der Waals surface area contributed by atoms with Crippen LogP contribution in [0.5, 0.6) is 0 Å². The fraction of sp³-hybridized carbons (Fsp3) is 0.500. The summed E-state index contributed by atoms with van der Waals surface area (Å²) < 4.78 is 5.38. The normalized spacial score (nSPS) is 17.8. The highest BCUT2D eigenvalue weighted by atomic mass is 35.5. The van der Waals surface area contributed by atoms with Crippen molar-refractivity contribution in [1.82, 2.24) is 5.32 Å². The van der Waals surface area contributed by atoms with Crippen LogP contribution in [0.15, 0.2) is 24.3 Å². The molecule has 1 fully saturated rings. The molecule has 0 saturated carbocycles. The van der Waals surface area contributed by atoms with Crippen molar-refractivity contribution in [2.24, 2.45) is 0 Å². The predicted octanol–water partition coefficient (Wildman–Crippen LogP) is 2.34. The number of hydrogen-bond donors (Lipinski definition) is 2. The summed E-state index contributed by atoms with van der Waals surface area (Å²) in [4.78, 5) is 12.0. The number of halogens is 1. The first-order valence-electron chi connectivity index (χ1n) is 6.52. The van der Waals surface area contributed by atoms with Crippen LogP contribution in [-0.2, 0) is 16.1 Å². The Morgan fingerprint density at radius 2 is 2.21 bits per heavy atom. The summed E-state index contributed by atoms with van der Waals surface area (Å²) in [5.74, 6) is -0.0311. The summed E-state index contributed by atoms with van der Waals surface area (Å²) in [5, 5.41) is 6.22. The van der Waals surface area contributed by atoms with Gasteiger partial charge in [-0.25, -0.2) is 0 Å². The lowest BCUT2D eigenvalue weighted by Crippen LogP contribution is -2.27. The lowest BCUT2D eigenvalue weighted by molar-refractivity contribution is -0.124. The summed E-state index contributed by atoms with van der Waals surface area (Å²) in [7, 11) is 0. The van der Waals surface area contributed by atoms with Gasteiger partial charge in [-0.05, 0) is 31.0 Å². The second-order valence-corrected chi connectivity index (χ2v) is 4.43. The second-order valence-electron chi connectivity index (χ2n) is 4.43. The fourth-order valence-corrected chi connectivity index (χ4v) is 2.05. The van der Waals surface area contributed by atoms with E-state index in [-0.39, 0.29) is 24.4 Å². The number of anilines is 1. The van der Waals surface area contributed by atoms with E-state index in [9.17, 15) is 4.79 Å². The molecule has 106 valence electrons. The molecule has 0 bridgehead atoms. The number of para-hydroxylation sites is 1. The van der Waals surface area contributed by atoms with Crippen molar-refractivity contribution < 1.29 is 9.53 Å². The molecule has 2 N–H and O–H groups in total. The van der Waals surface area contributed by atoms with Gasteiger partial charge in [0.25, 0.3) is 5.91 Å². The van der Waals surface area contributed by atoms with Crippen LogP contribution < -0.4 is 10.6 Å². The van der Waals surface area contributed by atoms with E-state index in [1.807, 2.05) is 24.3 Å². The van der Waals surface area contributed by atoms with Crippen molar-refractivity contribution in [1.29, 1.82) is 0 Å². The van der Waals surface area contributed by atoms with E-state index in [2.05, 4.69) is 17.6 Å². The van der Waals surface area contributed by atoms with Gasteiger partial charge in [-0.15, -0.1) is 12.4 Å². The Kier molecular flexibility index (Phi) is 6.84. The van der Waals surface area contributed by atoms with Gasteiger partial charge >= 0.3 is 0 Å². The maximum absolute atomic E-state index is 12.0. The summed E-state index contributed by atoms with van der Waals surface area (Å²) in [6, 6.07) is 7.86. The molecular weight excluding hydrogens is 264 g/mol. The molecule has 1 aliphatic rings. The molecule has 5 heteroatoms. The van der Waals surface area contributed by atoms with E-state index in [4.69, 9.17) is 4.74 Å². The molecule has 0 aliphatic carbocycles. The van der Waals surface area contributed by atoms with Gasteiger partial charge in [0, 0.05) is 18.8 Å². The molecule has 1 atom stereocenters. The standard InChI is InChI=1S/C14H20N2O2.ClH/c1-2-15-10-11-6-3-4-7-12(11)16-14(17)13-8-5-9-18-13;/h3-4,6-7,13,15H,2,5,8-10H2,1H3,(H,16,17);1H/t13-;/m0./s1. The van der Waals surface area contributed by atoms with Crippen LogP contribution in [0.4, 0.5) is 5.69 Å². The quantitative estimate of drug-likeness (QED) is 0.872. The van der Waals surface area contributed by atoms with Gasteiger partial charge in [-0.2, -0.15) is 0 Å². The van der Waals surface area contributed by atoms with Gasteiger partial charge in [0.05, 0.1) is 0 Å². The van der Waals surface area contributed by atoms with Crippen molar-refractivity contribution in [3.8, 4) is 0 Å². The van der Waals surface area contributed by atoms with Gasteiger partial charge in [-0.1, -0.05) is 25.1 Å². The average Bonchev–Trinajstić information content (AvgIpc) is 2.91. The van der Waals surface area contributed by atoms with Crippen LogP contribution in [0, 0.1) is 0 Å². The third-order valence-corrected chi connectivity index (χ3v) is 3.06. The number of rotatable bonds is 5. The molecule has 4 nitrogen and oxygen atoms in total. The lowest BCUT2D eigenvalue weighted by Gasteiger charge is -2.14. The number of amides is 1. The zero-order valence-electron chi connectivity index (χ0n) is 11.1. The Bertz CT molecular complexity index is 406. The van der Waals surface area contributed by atoms with Crippen LogP contribution in [0.3, 0.4) is 0 Å². The third-order valence-electron chi connectivity index (χ3n) is 3.06. The number of ether oxygens (including phenoxy) is 1. The van der Waals surface area contributed by atoms with E-state index in [1.165, 1.54) is 0 Å². The Hall–Kier alpha value is -1.10. The molecule has 19 heavy (non-hydrogen) atoms. The van der Waals surface area contributed by atoms with E-state index in [0.717, 1.165) is 37.2 Å². The number of hydrogen-bond acceptors (Lipinski definition) is 3. The largest absolute Gasteiger partial charge is 0.368 e. The minimum Gasteiger partial charge on any atom is -0.368 e. The maximum atomic E-state index is 12.0. The number of carbonyl (C=O) groups excluding carboxylic acids is 1. The highest BCUT2D eigenvalue weighted by Gasteiger charge is 2.23. The first kappa shape index (κ1) is 16.0. The monoisotopic (exact) mass is 284 g/mol. The van der Waals surface area contributed by atoms with Crippen LogP contribution >= 0.6 is 12.4 Å². The van der Waals surface area contributed by atoms with Crippen molar-refractivity contribution in [2.45, 2.75) is 32.4 Å². The first-order valence-corrected chi connectivity index (χ1v) is 6.52. The highest BCUT2D eigenvalue weighted by Crippen LogP contribution is 2.18. The topological polar surface area (TPSA) is 50.4 Å². The molecule has 1 aliphatic heterocycles. The minimum absolute atomic E-state index is 0. The molecule has 1 saturated heterocycles. The summed E-state index contributed by atoms with van der Waals surface area (Å²) in [5.41, 5.74) is 1.98. The summed E-state index contributed by atoms with van der Waals surface area (Å²) in [6.45, 7) is 4.43. The van der Waals surface area contributed by atoms with E-state index in [1.54, 1.807) is 0 Å². The maximum Gasteiger partial charge on any atom is 0.253 e. The zero-order valence-corrected chi connectivity index (χ0v) is 12.0. The molecule has 1 aromatic rings. The third kappa shape index (κ3) is 4.49. The first-order chi connectivity index (χ1) is 8.81. The highest BCUT2D eigenvalue weighted by molar-refractivity contribution is 5.94. The van der Waals surface area contributed by atoms with Gasteiger partial charge in [0.1, 0.15) is 6.10 Å². The Labute approximate surface area is 120 Å². The fourth-order valence-electron chi connectivity index (χ4n) is 2.05. The van der Waals surface area contributed by atoms with E-state index in [0.29, 0.717) is 6.61 Å². The van der Waals surface area contributed by atoms with Crippen LogP contribution in [-0.4, -0.2) is 25.2 Å².